The SMILES string of the molecule is CC(C)C(CCO)NCc1ccc(-n2cccn2)cc1. The molecule has 0 aliphatic heterocycles. The number of aromatic nitrogens is 2. The number of hydrogen-bond donors (Lipinski definition) is 2. The fraction of sp³-hybridized carbons (Fsp3) is 0.438. The van der Waals surface area contributed by atoms with Gasteiger partial charge in [0.15, 0.2) is 0 Å². The number of rotatable bonds is 7. The van der Waals surface area contributed by atoms with Gasteiger partial charge in [-0.1, -0.05) is 26.0 Å². The molecule has 1 heterocycles. The molecule has 2 rings (SSSR count). The van der Waals surface area contributed by atoms with Crippen LogP contribution in [0.3, 0.4) is 0 Å². The van der Waals surface area contributed by atoms with E-state index in [-0.39, 0.29) is 6.61 Å². The van der Waals surface area contributed by atoms with Gasteiger partial charge in [-0.05, 0) is 36.1 Å². The minimum Gasteiger partial charge on any atom is -0.396 e. The third-order valence-corrected chi connectivity index (χ3v) is 3.52. The van der Waals surface area contributed by atoms with Crippen molar-refractivity contribution in [3.63, 3.8) is 0 Å². The topological polar surface area (TPSA) is 50.1 Å². The lowest BCUT2D eigenvalue weighted by atomic mass is 10.0. The molecule has 0 fully saturated rings. The van der Waals surface area contributed by atoms with Crippen molar-refractivity contribution in [2.45, 2.75) is 32.9 Å². The summed E-state index contributed by atoms with van der Waals surface area (Å²) in [6.07, 6.45) is 4.50. The Morgan fingerprint density at radius 3 is 2.55 bits per heavy atom. The molecule has 0 aliphatic carbocycles. The summed E-state index contributed by atoms with van der Waals surface area (Å²) in [7, 11) is 0. The molecule has 0 amide bonds. The van der Waals surface area contributed by atoms with Gasteiger partial charge < -0.3 is 10.4 Å². The Kier molecular flexibility index (Phi) is 5.32. The normalized spacial score (nSPS) is 12.8. The van der Waals surface area contributed by atoms with Crippen molar-refractivity contribution < 1.29 is 5.11 Å². The van der Waals surface area contributed by atoms with Crippen molar-refractivity contribution >= 4 is 0 Å². The zero-order valence-electron chi connectivity index (χ0n) is 12.2. The molecule has 0 aliphatic rings. The molecule has 20 heavy (non-hydrogen) atoms. The van der Waals surface area contributed by atoms with Crippen LogP contribution in [-0.4, -0.2) is 27.5 Å². The fourth-order valence-corrected chi connectivity index (χ4v) is 2.25. The maximum absolute atomic E-state index is 9.08. The van der Waals surface area contributed by atoms with E-state index in [1.807, 2.05) is 16.9 Å². The van der Waals surface area contributed by atoms with E-state index in [0.717, 1.165) is 18.7 Å². The summed E-state index contributed by atoms with van der Waals surface area (Å²) in [5, 5.41) is 16.8. The Balaban J connectivity index is 1.93. The van der Waals surface area contributed by atoms with E-state index in [2.05, 4.69) is 48.5 Å². The molecular weight excluding hydrogens is 250 g/mol. The summed E-state index contributed by atoms with van der Waals surface area (Å²) >= 11 is 0. The van der Waals surface area contributed by atoms with E-state index in [4.69, 9.17) is 5.11 Å². The highest BCUT2D eigenvalue weighted by atomic mass is 16.3. The largest absolute Gasteiger partial charge is 0.396 e. The first-order chi connectivity index (χ1) is 9.70. The number of hydrogen-bond acceptors (Lipinski definition) is 3. The second kappa shape index (κ2) is 7.22. The predicted molar refractivity (Wildman–Crippen MR) is 80.7 cm³/mol. The zero-order chi connectivity index (χ0) is 14.4. The van der Waals surface area contributed by atoms with Crippen LogP contribution >= 0.6 is 0 Å². The van der Waals surface area contributed by atoms with Crippen LogP contribution in [0.1, 0.15) is 25.8 Å². The number of aliphatic hydroxyl groups excluding tert-OH is 1. The number of nitrogens with zero attached hydrogens (tertiary/aromatic N) is 2. The molecule has 2 N–H and O–H groups in total. The van der Waals surface area contributed by atoms with Gasteiger partial charge in [-0.2, -0.15) is 5.10 Å². The predicted octanol–water partition coefficient (Wildman–Crippen LogP) is 2.37. The van der Waals surface area contributed by atoms with Gasteiger partial charge in [-0.3, -0.25) is 0 Å². The Labute approximate surface area is 120 Å². The van der Waals surface area contributed by atoms with Crippen molar-refractivity contribution in [1.82, 2.24) is 15.1 Å². The van der Waals surface area contributed by atoms with E-state index in [1.54, 1.807) is 6.20 Å². The average molecular weight is 273 g/mol. The van der Waals surface area contributed by atoms with Gasteiger partial charge in [-0.15, -0.1) is 0 Å². The minimum absolute atomic E-state index is 0.230. The van der Waals surface area contributed by atoms with Crippen LogP contribution in [-0.2, 0) is 6.54 Å². The van der Waals surface area contributed by atoms with Crippen molar-refractivity contribution in [3.05, 3.63) is 48.3 Å². The molecule has 0 spiro atoms. The molecule has 4 nitrogen and oxygen atoms in total. The lowest BCUT2D eigenvalue weighted by Gasteiger charge is -2.21. The Bertz CT molecular complexity index is 491. The molecule has 1 unspecified atom stereocenters. The van der Waals surface area contributed by atoms with Crippen LogP contribution in [0.15, 0.2) is 42.7 Å². The van der Waals surface area contributed by atoms with Crippen molar-refractivity contribution in [2.24, 2.45) is 5.92 Å². The first kappa shape index (κ1) is 14.8. The third-order valence-electron chi connectivity index (χ3n) is 3.52. The molecule has 0 radical (unpaired) electrons. The minimum atomic E-state index is 0.230. The summed E-state index contributed by atoms with van der Waals surface area (Å²) in [6, 6.07) is 10.6. The van der Waals surface area contributed by atoms with Crippen molar-refractivity contribution in [2.75, 3.05) is 6.61 Å². The number of benzene rings is 1. The average Bonchev–Trinajstić information content (AvgIpc) is 2.98. The van der Waals surface area contributed by atoms with Crippen LogP contribution in [0.4, 0.5) is 0 Å². The van der Waals surface area contributed by atoms with E-state index in [0.29, 0.717) is 12.0 Å². The summed E-state index contributed by atoms with van der Waals surface area (Å²) in [5.74, 6) is 0.519. The number of aliphatic hydroxyl groups is 1. The third kappa shape index (κ3) is 3.92. The first-order valence-electron chi connectivity index (χ1n) is 7.14. The van der Waals surface area contributed by atoms with Crippen LogP contribution in [0.5, 0.6) is 0 Å². The maximum Gasteiger partial charge on any atom is 0.0645 e. The number of nitrogens with one attached hydrogen (secondary N) is 1. The lowest BCUT2D eigenvalue weighted by molar-refractivity contribution is 0.244. The smallest absolute Gasteiger partial charge is 0.0645 e. The van der Waals surface area contributed by atoms with Gasteiger partial charge in [0, 0.05) is 31.6 Å². The van der Waals surface area contributed by atoms with Crippen LogP contribution in [0, 0.1) is 5.92 Å². The van der Waals surface area contributed by atoms with Crippen molar-refractivity contribution in [3.8, 4) is 5.69 Å². The first-order valence-corrected chi connectivity index (χ1v) is 7.14. The fourth-order valence-electron chi connectivity index (χ4n) is 2.25. The Morgan fingerprint density at radius 1 is 1.25 bits per heavy atom. The van der Waals surface area contributed by atoms with Crippen LogP contribution < -0.4 is 5.32 Å². The second-order valence-electron chi connectivity index (χ2n) is 5.36. The highest BCUT2D eigenvalue weighted by Crippen LogP contribution is 2.10. The van der Waals surface area contributed by atoms with Gasteiger partial charge in [0.25, 0.3) is 0 Å². The molecule has 0 saturated heterocycles. The highest BCUT2D eigenvalue weighted by molar-refractivity contribution is 5.33. The molecule has 1 atom stereocenters. The summed E-state index contributed by atoms with van der Waals surface area (Å²) in [5.41, 5.74) is 2.30. The van der Waals surface area contributed by atoms with Crippen LogP contribution in [0.2, 0.25) is 0 Å². The molecule has 1 aromatic carbocycles. The zero-order valence-corrected chi connectivity index (χ0v) is 12.2. The monoisotopic (exact) mass is 273 g/mol. The molecule has 0 bridgehead atoms. The maximum atomic E-state index is 9.08. The van der Waals surface area contributed by atoms with Crippen molar-refractivity contribution in [1.29, 1.82) is 0 Å². The van der Waals surface area contributed by atoms with E-state index in [1.165, 1.54) is 5.56 Å². The summed E-state index contributed by atoms with van der Waals surface area (Å²) in [4.78, 5) is 0. The highest BCUT2D eigenvalue weighted by Gasteiger charge is 2.11. The van der Waals surface area contributed by atoms with Gasteiger partial charge in [0.05, 0.1) is 5.69 Å². The van der Waals surface area contributed by atoms with Gasteiger partial charge in [0.1, 0.15) is 0 Å². The van der Waals surface area contributed by atoms with Crippen LogP contribution in [0.25, 0.3) is 5.69 Å². The molecule has 2 aromatic rings. The standard InChI is InChI=1S/C16H23N3O/c1-13(2)16(8-11-20)17-12-14-4-6-15(7-5-14)19-10-3-9-18-19/h3-7,9-10,13,16-17,20H,8,11-12H2,1-2H3. The lowest BCUT2D eigenvalue weighted by Crippen LogP contribution is -2.34. The molecule has 1 aromatic heterocycles. The van der Waals surface area contributed by atoms with Gasteiger partial charge in [-0.25, -0.2) is 4.68 Å². The van der Waals surface area contributed by atoms with E-state index in [9.17, 15) is 0 Å². The summed E-state index contributed by atoms with van der Waals surface area (Å²) in [6.45, 7) is 5.40. The summed E-state index contributed by atoms with van der Waals surface area (Å²) < 4.78 is 1.85. The van der Waals surface area contributed by atoms with E-state index < -0.39 is 0 Å². The Hall–Kier alpha value is -1.65. The molecule has 0 saturated carbocycles. The quantitative estimate of drug-likeness (QED) is 0.814. The second-order valence-corrected chi connectivity index (χ2v) is 5.36. The molecule has 4 heteroatoms. The van der Waals surface area contributed by atoms with Gasteiger partial charge in [0.2, 0.25) is 0 Å². The van der Waals surface area contributed by atoms with E-state index >= 15 is 0 Å². The molecular formula is C16H23N3O. The Morgan fingerprint density at radius 2 is 2.00 bits per heavy atom. The molecule has 108 valence electrons. The van der Waals surface area contributed by atoms with Gasteiger partial charge >= 0.3 is 0 Å².